The van der Waals surface area contributed by atoms with Crippen LogP contribution in [0.15, 0.2) is 60.7 Å². The van der Waals surface area contributed by atoms with Crippen LogP contribution in [0.25, 0.3) is 21.8 Å². The molecule has 1 amide bonds. The van der Waals surface area contributed by atoms with E-state index in [-0.39, 0.29) is 18.3 Å². The Balaban J connectivity index is 0.00000240. The minimum absolute atomic E-state index is 0. The molecule has 152 valence electrons. The molecule has 1 aliphatic rings. The number of benzene rings is 2. The van der Waals surface area contributed by atoms with E-state index in [0.29, 0.717) is 5.92 Å². The summed E-state index contributed by atoms with van der Waals surface area (Å²) in [5.41, 5.74) is 2.85. The maximum atomic E-state index is 13.4. The molecule has 1 fully saturated rings. The lowest BCUT2D eigenvalue weighted by Gasteiger charge is -2.31. The maximum absolute atomic E-state index is 13.4. The lowest BCUT2D eigenvalue weighted by atomic mass is 9.96. The zero-order valence-corrected chi connectivity index (χ0v) is 18.1. The summed E-state index contributed by atoms with van der Waals surface area (Å²) in [6.07, 6.45) is 2.11. The molecule has 2 heterocycles. The van der Waals surface area contributed by atoms with Crippen LogP contribution in [-0.4, -0.2) is 42.5 Å². The van der Waals surface area contributed by atoms with E-state index >= 15 is 0 Å². The molecule has 0 spiro atoms. The highest BCUT2D eigenvalue weighted by Crippen LogP contribution is 2.35. The fraction of sp³-hybridized carbons (Fsp3) is 0.304. The van der Waals surface area contributed by atoms with E-state index in [2.05, 4.69) is 5.32 Å². The van der Waals surface area contributed by atoms with Crippen molar-refractivity contribution in [1.29, 1.82) is 0 Å². The number of rotatable bonds is 5. The van der Waals surface area contributed by atoms with Gasteiger partial charge in [0.2, 0.25) is 0 Å². The third kappa shape index (κ3) is 4.86. The van der Waals surface area contributed by atoms with Gasteiger partial charge in [-0.15, -0.1) is 23.7 Å². The molecular formula is C23H26ClN3OS. The lowest BCUT2D eigenvalue weighted by molar-refractivity contribution is 0.0696. The summed E-state index contributed by atoms with van der Waals surface area (Å²) in [5.74, 6) is 0.769. The molecule has 4 nitrogen and oxygen atoms in total. The topological polar surface area (TPSA) is 45.2 Å². The molecule has 0 atom stereocenters. The van der Waals surface area contributed by atoms with Gasteiger partial charge in [-0.2, -0.15) is 0 Å². The number of nitrogens with zero attached hydrogens (tertiary/aromatic N) is 2. The van der Waals surface area contributed by atoms with E-state index in [9.17, 15) is 4.79 Å². The van der Waals surface area contributed by atoms with E-state index in [4.69, 9.17) is 4.98 Å². The Morgan fingerprint density at radius 1 is 1.03 bits per heavy atom. The Kier molecular flexibility index (Phi) is 7.42. The second-order valence-corrected chi connectivity index (χ2v) is 8.22. The number of piperidine rings is 1. The largest absolute Gasteiger partial charge is 0.338 e. The van der Waals surface area contributed by atoms with Crippen molar-refractivity contribution in [3.8, 4) is 21.8 Å². The molecule has 6 heteroatoms. The van der Waals surface area contributed by atoms with Crippen LogP contribution in [0.4, 0.5) is 0 Å². The van der Waals surface area contributed by atoms with Crippen molar-refractivity contribution in [2.45, 2.75) is 12.8 Å². The molecule has 1 aromatic heterocycles. The predicted octanol–water partition coefficient (Wildman–Crippen LogP) is 4.97. The average molecular weight is 428 g/mol. The third-order valence-electron chi connectivity index (χ3n) is 5.28. The smallest absolute Gasteiger partial charge is 0.266 e. The van der Waals surface area contributed by atoms with Crippen molar-refractivity contribution >= 4 is 29.7 Å². The van der Waals surface area contributed by atoms with Crippen molar-refractivity contribution in [3.63, 3.8) is 0 Å². The second-order valence-electron chi connectivity index (χ2n) is 7.22. The molecule has 0 radical (unpaired) electrons. The van der Waals surface area contributed by atoms with Crippen LogP contribution in [0.2, 0.25) is 0 Å². The third-order valence-corrected chi connectivity index (χ3v) is 6.38. The maximum Gasteiger partial charge on any atom is 0.266 e. The number of amides is 1. The molecule has 29 heavy (non-hydrogen) atoms. The van der Waals surface area contributed by atoms with Crippen LogP contribution in [0, 0.1) is 5.92 Å². The van der Waals surface area contributed by atoms with Gasteiger partial charge in [-0.05, 0) is 32.4 Å². The summed E-state index contributed by atoms with van der Waals surface area (Å²) < 4.78 is 0. The normalized spacial score (nSPS) is 14.4. The quantitative estimate of drug-likeness (QED) is 0.625. The predicted molar refractivity (Wildman–Crippen MR) is 123 cm³/mol. The van der Waals surface area contributed by atoms with Crippen LogP contribution < -0.4 is 5.32 Å². The number of hydrogen-bond donors (Lipinski definition) is 1. The average Bonchev–Trinajstić information content (AvgIpc) is 3.21. The molecule has 4 rings (SSSR count). The summed E-state index contributed by atoms with van der Waals surface area (Å²) >= 11 is 1.51. The number of likely N-dealkylation sites (tertiary alicyclic amines) is 1. The van der Waals surface area contributed by atoms with Crippen LogP contribution in [0.1, 0.15) is 22.5 Å². The van der Waals surface area contributed by atoms with Gasteiger partial charge in [-0.25, -0.2) is 4.98 Å². The molecule has 0 saturated carbocycles. The van der Waals surface area contributed by atoms with Gasteiger partial charge in [0, 0.05) is 24.2 Å². The zero-order chi connectivity index (χ0) is 19.3. The number of carbonyl (C=O) groups excluding carboxylic acids is 1. The molecule has 0 aliphatic carbocycles. The van der Waals surface area contributed by atoms with Gasteiger partial charge in [0.1, 0.15) is 9.88 Å². The van der Waals surface area contributed by atoms with Gasteiger partial charge in [-0.3, -0.25) is 4.79 Å². The van der Waals surface area contributed by atoms with Gasteiger partial charge in [0.15, 0.2) is 0 Å². The van der Waals surface area contributed by atoms with E-state index in [0.717, 1.165) is 59.2 Å². The number of hydrogen-bond acceptors (Lipinski definition) is 4. The van der Waals surface area contributed by atoms with Crippen LogP contribution in [-0.2, 0) is 0 Å². The summed E-state index contributed by atoms with van der Waals surface area (Å²) in [5, 5.41) is 4.15. The van der Waals surface area contributed by atoms with Crippen LogP contribution >= 0.6 is 23.7 Å². The van der Waals surface area contributed by atoms with E-state index in [1.807, 2.05) is 72.6 Å². The minimum Gasteiger partial charge on any atom is -0.338 e. The summed E-state index contributed by atoms with van der Waals surface area (Å²) in [6, 6.07) is 20.1. The molecular weight excluding hydrogens is 402 g/mol. The van der Waals surface area contributed by atoms with Crippen LogP contribution in [0.3, 0.4) is 0 Å². The number of halogens is 1. The Bertz CT molecular complexity index is 922. The van der Waals surface area contributed by atoms with Gasteiger partial charge in [0.05, 0.1) is 5.69 Å². The number of carbonyl (C=O) groups is 1. The van der Waals surface area contributed by atoms with Crippen molar-refractivity contribution in [1.82, 2.24) is 15.2 Å². The molecule has 0 unspecified atom stereocenters. The van der Waals surface area contributed by atoms with Crippen molar-refractivity contribution in [2.24, 2.45) is 5.92 Å². The summed E-state index contributed by atoms with van der Waals surface area (Å²) in [6.45, 7) is 2.66. The highest BCUT2D eigenvalue weighted by atomic mass is 35.5. The number of aromatic nitrogens is 1. The standard InChI is InChI=1S/C23H25N3OS.ClH/c1-24-16-17-12-14-26(15-13-17)23(27)21-20(18-8-4-2-5-9-18)25-22(28-21)19-10-6-3-7-11-19;/h2-11,17,24H,12-16H2,1H3;1H. The highest BCUT2D eigenvalue weighted by Gasteiger charge is 2.28. The molecule has 3 aromatic rings. The van der Waals surface area contributed by atoms with E-state index in [1.54, 1.807) is 0 Å². The Hall–Kier alpha value is -2.21. The van der Waals surface area contributed by atoms with Gasteiger partial charge in [0.25, 0.3) is 5.91 Å². The minimum atomic E-state index is 0. The Labute approximate surface area is 182 Å². The first kappa shape index (κ1) is 21.5. The van der Waals surface area contributed by atoms with Gasteiger partial charge < -0.3 is 10.2 Å². The van der Waals surface area contributed by atoms with Crippen LogP contribution in [0.5, 0.6) is 0 Å². The van der Waals surface area contributed by atoms with E-state index < -0.39 is 0 Å². The first-order valence-electron chi connectivity index (χ1n) is 9.82. The Morgan fingerprint density at radius 3 is 2.21 bits per heavy atom. The van der Waals surface area contributed by atoms with Crippen molar-refractivity contribution in [3.05, 3.63) is 65.5 Å². The first-order valence-corrected chi connectivity index (χ1v) is 10.6. The molecule has 2 aromatic carbocycles. The lowest BCUT2D eigenvalue weighted by Crippen LogP contribution is -2.40. The molecule has 1 aliphatic heterocycles. The Morgan fingerprint density at radius 2 is 1.62 bits per heavy atom. The molecule has 1 saturated heterocycles. The first-order chi connectivity index (χ1) is 13.8. The number of nitrogens with one attached hydrogen (secondary N) is 1. The monoisotopic (exact) mass is 427 g/mol. The molecule has 0 bridgehead atoms. The van der Waals surface area contributed by atoms with Crippen molar-refractivity contribution < 1.29 is 4.79 Å². The fourth-order valence-electron chi connectivity index (χ4n) is 3.73. The fourth-order valence-corrected chi connectivity index (χ4v) is 4.79. The van der Waals surface area contributed by atoms with E-state index in [1.165, 1.54) is 11.3 Å². The van der Waals surface area contributed by atoms with Gasteiger partial charge in [-0.1, -0.05) is 60.7 Å². The van der Waals surface area contributed by atoms with Gasteiger partial charge >= 0.3 is 0 Å². The summed E-state index contributed by atoms with van der Waals surface area (Å²) in [4.78, 5) is 21.0. The molecule has 1 N–H and O–H groups in total. The second kappa shape index (κ2) is 10.0. The zero-order valence-electron chi connectivity index (χ0n) is 16.5. The summed E-state index contributed by atoms with van der Waals surface area (Å²) in [7, 11) is 1.99. The van der Waals surface area contributed by atoms with Crippen molar-refractivity contribution in [2.75, 3.05) is 26.7 Å². The number of thiazole rings is 1. The highest BCUT2D eigenvalue weighted by molar-refractivity contribution is 7.17. The SMILES string of the molecule is CNCC1CCN(C(=O)c2sc(-c3ccccc3)nc2-c2ccccc2)CC1.Cl.